The minimum absolute atomic E-state index is 0.325. The summed E-state index contributed by atoms with van der Waals surface area (Å²) in [5, 5.41) is 0.567. The molecule has 2 rings (SSSR count). The molecule has 0 atom stereocenters. The molecule has 0 unspecified atom stereocenters. The molecule has 10 heteroatoms. The molecule has 1 amide bonds. The van der Waals surface area contributed by atoms with Crippen LogP contribution in [0.1, 0.15) is 25.0 Å². The standard InChI is InChI=1S/C16H15F4NO5/c1-15(2)25-12(14(23)26-15)7-13(22)21(24-3)8-9-4-5-10(17)6-11(9)16(18,19)20/h4-7H,8H2,1-3H3. The monoisotopic (exact) mass is 377 g/mol. The second kappa shape index (κ2) is 6.94. The lowest BCUT2D eigenvalue weighted by Crippen LogP contribution is -2.29. The van der Waals surface area contributed by atoms with Crippen molar-refractivity contribution in [1.82, 2.24) is 5.06 Å². The van der Waals surface area contributed by atoms with Crippen LogP contribution >= 0.6 is 0 Å². The van der Waals surface area contributed by atoms with Gasteiger partial charge in [0.05, 0.1) is 25.3 Å². The lowest BCUT2D eigenvalue weighted by molar-refractivity contribution is -0.175. The highest BCUT2D eigenvalue weighted by Gasteiger charge is 2.38. The maximum absolute atomic E-state index is 13.2. The molecule has 0 bridgehead atoms. The van der Waals surface area contributed by atoms with Crippen molar-refractivity contribution in [1.29, 1.82) is 0 Å². The van der Waals surface area contributed by atoms with E-state index in [4.69, 9.17) is 14.3 Å². The molecule has 26 heavy (non-hydrogen) atoms. The predicted molar refractivity (Wildman–Crippen MR) is 78.3 cm³/mol. The number of carbonyl (C=O) groups is 2. The van der Waals surface area contributed by atoms with Gasteiger partial charge in [-0.15, -0.1) is 0 Å². The van der Waals surface area contributed by atoms with Crippen LogP contribution in [0.3, 0.4) is 0 Å². The Bertz CT molecular complexity index is 757. The van der Waals surface area contributed by atoms with Crippen LogP contribution in [0, 0.1) is 5.82 Å². The predicted octanol–water partition coefficient (Wildman–Crippen LogP) is 2.93. The van der Waals surface area contributed by atoms with Gasteiger partial charge in [-0.3, -0.25) is 9.63 Å². The van der Waals surface area contributed by atoms with Gasteiger partial charge in [-0.05, 0) is 17.7 Å². The third kappa shape index (κ3) is 4.51. The Morgan fingerprint density at radius 2 is 1.96 bits per heavy atom. The molecule has 1 heterocycles. The Labute approximate surface area is 145 Å². The zero-order valence-electron chi connectivity index (χ0n) is 14.0. The van der Waals surface area contributed by atoms with Crippen LogP contribution in [-0.2, 0) is 36.6 Å². The van der Waals surface area contributed by atoms with E-state index in [1.165, 1.54) is 13.8 Å². The number of rotatable bonds is 4. The zero-order valence-corrected chi connectivity index (χ0v) is 14.0. The first-order valence-electron chi connectivity index (χ1n) is 7.28. The molecule has 1 aliphatic heterocycles. The number of amides is 1. The highest BCUT2D eigenvalue weighted by molar-refractivity contribution is 5.97. The molecule has 142 valence electrons. The van der Waals surface area contributed by atoms with Crippen LogP contribution in [0.4, 0.5) is 17.6 Å². The van der Waals surface area contributed by atoms with Gasteiger partial charge < -0.3 is 9.47 Å². The van der Waals surface area contributed by atoms with E-state index in [1.807, 2.05) is 0 Å². The number of nitrogens with zero attached hydrogens (tertiary/aromatic N) is 1. The molecule has 1 aromatic rings. The first kappa shape index (κ1) is 19.7. The number of hydrogen-bond donors (Lipinski definition) is 0. The third-order valence-corrected chi connectivity index (χ3v) is 3.31. The smallest absolute Gasteiger partial charge is 0.416 e. The molecule has 0 aliphatic carbocycles. The molecule has 1 saturated heterocycles. The van der Waals surface area contributed by atoms with Crippen LogP contribution in [0.5, 0.6) is 0 Å². The highest BCUT2D eigenvalue weighted by Crippen LogP contribution is 2.33. The zero-order chi connectivity index (χ0) is 19.7. The Kier molecular flexibility index (Phi) is 5.26. The van der Waals surface area contributed by atoms with E-state index >= 15 is 0 Å². The largest absolute Gasteiger partial charge is 0.445 e. The van der Waals surface area contributed by atoms with Crippen LogP contribution in [0.25, 0.3) is 0 Å². The van der Waals surface area contributed by atoms with Gasteiger partial charge in [-0.25, -0.2) is 14.2 Å². The first-order valence-corrected chi connectivity index (χ1v) is 7.28. The van der Waals surface area contributed by atoms with Gasteiger partial charge in [0.15, 0.2) is 0 Å². The number of hydroxylamine groups is 2. The fourth-order valence-electron chi connectivity index (χ4n) is 2.21. The summed E-state index contributed by atoms with van der Waals surface area (Å²) in [4.78, 5) is 28.6. The summed E-state index contributed by atoms with van der Waals surface area (Å²) in [6, 6.07) is 2.06. The van der Waals surface area contributed by atoms with E-state index in [0.29, 0.717) is 11.1 Å². The van der Waals surface area contributed by atoms with Gasteiger partial charge in [0.2, 0.25) is 11.5 Å². The van der Waals surface area contributed by atoms with E-state index in [2.05, 4.69) is 0 Å². The number of esters is 1. The van der Waals surface area contributed by atoms with E-state index in [9.17, 15) is 27.2 Å². The fourth-order valence-corrected chi connectivity index (χ4v) is 2.21. The summed E-state index contributed by atoms with van der Waals surface area (Å²) in [5.41, 5.74) is -1.62. The minimum atomic E-state index is -4.82. The van der Waals surface area contributed by atoms with Gasteiger partial charge in [0, 0.05) is 13.8 Å². The molecule has 0 radical (unpaired) electrons. The van der Waals surface area contributed by atoms with Crippen molar-refractivity contribution in [3.05, 3.63) is 47.0 Å². The number of hydrogen-bond acceptors (Lipinski definition) is 5. The van der Waals surface area contributed by atoms with Gasteiger partial charge >= 0.3 is 12.1 Å². The van der Waals surface area contributed by atoms with Crippen LogP contribution in [-0.4, -0.2) is 29.8 Å². The van der Waals surface area contributed by atoms with Crippen molar-refractivity contribution < 1.29 is 41.5 Å². The number of ether oxygens (including phenoxy) is 2. The Hall–Kier alpha value is -2.62. The third-order valence-electron chi connectivity index (χ3n) is 3.31. The Morgan fingerprint density at radius 3 is 2.46 bits per heavy atom. The van der Waals surface area contributed by atoms with Gasteiger partial charge in [0.1, 0.15) is 5.82 Å². The number of carbonyl (C=O) groups excluding carboxylic acids is 2. The number of halogens is 4. The molecule has 1 aliphatic rings. The maximum atomic E-state index is 13.2. The first-order chi connectivity index (χ1) is 11.9. The van der Waals surface area contributed by atoms with Gasteiger partial charge in [-0.1, -0.05) is 6.07 Å². The maximum Gasteiger partial charge on any atom is 0.416 e. The average Bonchev–Trinajstić information content (AvgIpc) is 2.76. The van der Waals surface area contributed by atoms with Crippen molar-refractivity contribution in [2.24, 2.45) is 0 Å². The molecular formula is C16H15F4NO5. The molecule has 1 aromatic carbocycles. The number of cyclic esters (lactones) is 1. The highest BCUT2D eigenvalue weighted by atomic mass is 19.4. The minimum Gasteiger partial charge on any atom is -0.445 e. The Morgan fingerprint density at radius 1 is 1.31 bits per heavy atom. The van der Waals surface area contributed by atoms with Crippen LogP contribution in [0.2, 0.25) is 0 Å². The summed E-state index contributed by atoms with van der Waals surface area (Å²) in [7, 11) is 1.06. The summed E-state index contributed by atoms with van der Waals surface area (Å²) >= 11 is 0. The van der Waals surface area contributed by atoms with E-state index in [0.717, 1.165) is 25.3 Å². The molecule has 1 fully saturated rings. The van der Waals surface area contributed by atoms with Crippen LogP contribution < -0.4 is 0 Å². The molecular weight excluding hydrogens is 362 g/mol. The SMILES string of the molecule is CON(Cc1ccc(F)cc1C(F)(F)F)C(=O)C=C1OC(C)(C)OC1=O. The fraction of sp³-hybridized carbons (Fsp3) is 0.375. The molecule has 6 nitrogen and oxygen atoms in total. The molecule has 0 spiro atoms. The second-order valence-corrected chi connectivity index (χ2v) is 5.76. The summed E-state index contributed by atoms with van der Waals surface area (Å²) in [6.07, 6.45) is -4.07. The van der Waals surface area contributed by atoms with Gasteiger partial charge in [-0.2, -0.15) is 13.2 Å². The number of benzene rings is 1. The van der Waals surface area contributed by atoms with Crippen molar-refractivity contribution in [3.63, 3.8) is 0 Å². The average molecular weight is 377 g/mol. The van der Waals surface area contributed by atoms with Crippen molar-refractivity contribution in [2.45, 2.75) is 32.4 Å². The van der Waals surface area contributed by atoms with Crippen LogP contribution in [0.15, 0.2) is 30.0 Å². The van der Waals surface area contributed by atoms with Crippen molar-refractivity contribution >= 4 is 11.9 Å². The second-order valence-electron chi connectivity index (χ2n) is 5.76. The lowest BCUT2D eigenvalue weighted by atomic mass is 10.1. The van der Waals surface area contributed by atoms with E-state index in [1.54, 1.807) is 0 Å². The quantitative estimate of drug-likeness (QED) is 0.349. The lowest BCUT2D eigenvalue weighted by Gasteiger charge is -2.21. The van der Waals surface area contributed by atoms with E-state index in [-0.39, 0.29) is 5.56 Å². The summed E-state index contributed by atoms with van der Waals surface area (Å²) < 4.78 is 62.3. The molecule has 0 aromatic heterocycles. The normalized spacial score (nSPS) is 17.8. The number of alkyl halides is 3. The summed E-state index contributed by atoms with van der Waals surface area (Å²) in [6.45, 7) is 2.25. The van der Waals surface area contributed by atoms with Crippen molar-refractivity contribution in [2.75, 3.05) is 7.11 Å². The summed E-state index contributed by atoms with van der Waals surface area (Å²) in [5.74, 6) is -4.58. The molecule has 0 N–H and O–H groups in total. The van der Waals surface area contributed by atoms with Crippen molar-refractivity contribution in [3.8, 4) is 0 Å². The van der Waals surface area contributed by atoms with Gasteiger partial charge in [0.25, 0.3) is 5.91 Å². The van der Waals surface area contributed by atoms with E-state index < -0.39 is 47.5 Å². The molecule has 0 saturated carbocycles. The Balaban J connectivity index is 2.25. The topological polar surface area (TPSA) is 65.1 Å².